The van der Waals surface area contributed by atoms with Crippen molar-refractivity contribution in [2.24, 2.45) is 4.99 Å². The van der Waals surface area contributed by atoms with Gasteiger partial charge in [0.1, 0.15) is 5.75 Å². The molecular weight excluding hydrogens is 412 g/mol. The molecule has 0 aromatic heterocycles. The summed E-state index contributed by atoms with van der Waals surface area (Å²) in [6, 6.07) is 15.1. The Kier molecular flexibility index (Phi) is 8.31. The van der Waals surface area contributed by atoms with E-state index >= 15 is 0 Å². The monoisotopic (exact) mass is 444 g/mol. The molecule has 2 N–H and O–H groups in total. The van der Waals surface area contributed by atoms with E-state index in [2.05, 4.69) is 27.8 Å². The van der Waals surface area contributed by atoms with Crippen molar-refractivity contribution < 1.29 is 13.2 Å². The van der Waals surface area contributed by atoms with Gasteiger partial charge in [-0.25, -0.2) is 13.4 Å². The van der Waals surface area contributed by atoms with Crippen molar-refractivity contribution in [1.29, 1.82) is 0 Å². The zero-order chi connectivity index (χ0) is 22.1. The van der Waals surface area contributed by atoms with E-state index in [-0.39, 0.29) is 0 Å². The molecule has 1 fully saturated rings. The minimum Gasteiger partial charge on any atom is -0.497 e. The predicted molar refractivity (Wildman–Crippen MR) is 124 cm³/mol. The summed E-state index contributed by atoms with van der Waals surface area (Å²) < 4.78 is 32.0. The Labute approximate surface area is 185 Å². The summed E-state index contributed by atoms with van der Waals surface area (Å²) in [6.07, 6.45) is 2.74. The molecule has 168 valence electrons. The quantitative estimate of drug-likeness (QED) is 0.459. The van der Waals surface area contributed by atoms with Crippen molar-refractivity contribution in [3.63, 3.8) is 0 Å². The lowest BCUT2D eigenvalue weighted by Crippen LogP contribution is -2.38. The first-order valence-electron chi connectivity index (χ1n) is 10.8. The number of hydrogen-bond acceptors (Lipinski definition) is 4. The van der Waals surface area contributed by atoms with Crippen molar-refractivity contribution in [3.05, 3.63) is 59.7 Å². The van der Waals surface area contributed by atoms with Gasteiger partial charge in [-0.1, -0.05) is 24.3 Å². The lowest BCUT2D eigenvalue weighted by molar-refractivity contribution is 0.414. The number of nitrogens with zero attached hydrogens (tertiary/aromatic N) is 2. The van der Waals surface area contributed by atoms with Crippen molar-refractivity contribution in [2.45, 2.75) is 37.6 Å². The van der Waals surface area contributed by atoms with Crippen LogP contribution in [0.5, 0.6) is 5.75 Å². The van der Waals surface area contributed by atoms with Crippen LogP contribution in [0.2, 0.25) is 0 Å². The largest absolute Gasteiger partial charge is 0.497 e. The third-order valence-corrected chi connectivity index (χ3v) is 7.17. The third kappa shape index (κ3) is 6.45. The summed E-state index contributed by atoms with van der Waals surface area (Å²) in [6.45, 7) is 5.25. The van der Waals surface area contributed by atoms with E-state index in [0.29, 0.717) is 24.5 Å². The van der Waals surface area contributed by atoms with E-state index in [9.17, 15) is 8.42 Å². The second-order valence-electron chi connectivity index (χ2n) is 7.48. The van der Waals surface area contributed by atoms with E-state index in [1.165, 1.54) is 5.56 Å². The van der Waals surface area contributed by atoms with Gasteiger partial charge in [0.05, 0.1) is 18.6 Å². The van der Waals surface area contributed by atoms with Crippen LogP contribution in [-0.4, -0.2) is 52.0 Å². The van der Waals surface area contributed by atoms with E-state index in [4.69, 9.17) is 4.74 Å². The Balaban J connectivity index is 1.55. The van der Waals surface area contributed by atoms with E-state index in [0.717, 1.165) is 49.6 Å². The molecular formula is C23H32N4O3S. The lowest BCUT2D eigenvalue weighted by Gasteiger charge is -2.15. The highest BCUT2D eigenvalue weighted by Crippen LogP contribution is 2.21. The molecule has 2 aromatic carbocycles. The van der Waals surface area contributed by atoms with Crippen LogP contribution in [0.25, 0.3) is 0 Å². The second-order valence-corrected chi connectivity index (χ2v) is 9.41. The van der Waals surface area contributed by atoms with Gasteiger partial charge >= 0.3 is 0 Å². The number of guanidine groups is 1. The zero-order valence-corrected chi connectivity index (χ0v) is 19.1. The van der Waals surface area contributed by atoms with Crippen LogP contribution >= 0.6 is 0 Å². The standard InChI is InChI=1S/C23H32N4O3S/c1-3-24-23(25-15-14-19-6-10-21(30-2)11-7-19)26-18-20-8-12-22(13-9-20)31(28,29)27-16-4-5-17-27/h6-13H,3-5,14-18H2,1-2H3,(H2,24,25,26). The van der Waals surface area contributed by atoms with E-state index in [1.807, 2.05) is 31.2 Å². The summed E-state index contributed by atoms with van der Waals surface area (Å²) in [5.74, 6) is 1.59. The Morgan fingerprint density at radius 1 is 1.00 bits per heavy atom. The predicted octanol–water partition coefficient (Wildman–Crippen LogP) is 2.78. The summed E-state index contributed by atoms with van der Waals surface area (Å²) in [5.41, 5.74) is 2.19. The van der Waals surface area contributed by atoms with Gasteiger partial charge in [-0.2, -0.15) is 4.31 Å². The van der Waals surface area contributed by atoms with Crippen LogP contribution < -0.4 is 15.4 Å². The molecule has 0 aliphatic carbocycles. The first kappa shape index (κ1) is 23.1. The molecule has 8 heteroatoms. The maximum Gasteiger partial charge on any atom is 0.243 e. The van der Waals surface area contributed by atoms with Crippen molar-refractivity contribution >= 4 is 16.0 Å². The number of benzene rings is 2. The Bertz CT molecular complexity index is 951. The molecule has 1 aliphatic heterocycles. The fourth-order valence-electron chi connectivity index (χ4n) is 3.47. The van der Waals surface area contributed by atoms with Crippen LogP contribution in [0.15, 0.2) is 58.4 Å². The number of sulfonamides is 1. The number of hydrogen-bond donors (Lipinski definition) is 2. The molecule has 0 atom stereocenters. The van der Waals surface area contributed by atoms with Crippen LogP contribution in [-0.2, 0) is 23.0 Å². The summed E-state index contributed by atoms with van der Waals surface area (Å²) in [5, 5.41) is 6.59. The van der Waals surface area contributed by atoms with Gasteiger partial charge in [-0.05, 0) is 61.6 Å². The fraction of sp³-hybridized carbons (Fsp3) is 0.435. The molecule has 0 radical (unpaired) electrons. The van der Waals surface area contributed by atoms with Gasteiger partial charge in [-0.15, -0.1) is 0 Å². The topological polar surface area (TPSA) is 83.0 Å². The molecule has 1 heterocycles. The number of methoxy groups -OCH3 is 1. The molecule has 0 amide bonds. The molecule has 0 spiro atoms. The normalized spacial score (nSPS) is 15.1. The maximum absolute atomic E-state index is 12.6. The number of ether oxygens (including phenoxy) is 1. The number of nitrogens with one attached hydrogen (secondary N) is 2. The lowest BCUT2D eigenvalue weighted by atomic mass is 10.1. The van der Waals surface area contributed by atoms with E-state index < -0.39 is 10.0 Å². The molecule has 0 bridgehead atoms. The van der Waals surface area contributed by atoms with Crippen molar-refractivity contribution in [1.82, 2.24) is 14.9 Å². The molecule has 7 nitrogen and oxygen atoms in total. The number of rotatable bonds is 9. The molecule has 0 unspecified atom stereocenters. The first-order chi connectivity index (χ1) is 15.0. The highest BCUT2D eigenvalue weighted by atomic mass is 32.2. The third-order valence-electron chi connectivity index (χ3n) is 5.26. The minimum atomic E-state index is -3.37. The van der Waals surface area contributed by atoms with Gasteiger partial charge in [0, 0.05) is 26.2 Å². The molecule has 1 saturated heterocycles. The first-order valence-corrected chi connectivity index (χ1v) is 12.2. The van der Waals surface area contributed by atoms with Crippen molar-refractivity contribution in [3.8, 4) is 5.75 Å². The Morgan fingerprint density at radius 3 is 2.26 bits per heavy atom. The summed E-state index contributed by atoms with van der Waals surface area (Å²) in [7, 11) is -1.71. The maximum atomic E-state index is 12.6. The van der Waals surface area contributed by atoms with Gasteiger partial charge in [0.15, 0.2) is 5.96 Å². The summed E-state index contributed by atoms with van der Waals surface area (Å²) >= 11 is 0. The van der Waals surface area contributed by atoms with Crippen molar-refractivity contribution in [2.75, 3.05) is 33.3 Å². The molecule has 31 heavy (non-hydrogen) atoms. The average molecular weight is 445 g/mol. The Morgan fingerprint density at radius 2 is 1.65 bits per heavy atom. The van der Waals surface area contributed by atoms with Gasteiger partial charge in [0.25, 0.3) is 0 Å². The van der Waals surface area contributed by atoms with Crippen LogP contribution in [0.1, 0.15) is 30.9 Å². The van der Waals surface area contributed by atoms with Crippen LogP contribution in [0, 0.1) is 0 Å². The SMILES string of the molecule is CCNC(=NCc1ccc(S(=O)(=O)N2CCCC2)cc1)NCCc1ccc(OC)cc1. The average Bonchev–Trinajstić information content (AvgIpc) is 3.34. The molecule has 0 saturated carbocycles. The molecule has 3 rings (SSSR count). The molecule has 1 aliphatic rings. The van der Waals surface area contributed by atoms with Gasteiger partial charge < -0.3 is 15.4 Å². The minimum absolute atomic E-state index is 0.353. The fourth-order valence-corrected chi connectivity index (χ4v) is 4.99. The van der Waals surface area contributed by atoms with Crippen LogP contribution in [0.4, 0.5) is 0 Å². The highest BCUT2D eigenvalue weighted by molar-refractivity contribution is 7.89. The van der Waals surface area contributed by atoms with Gasteiger partial charge in [0.2, 0.25) is 10.0 Å². The van der Waals surface area contributed by atoms with Gasteiger partial charge in [-0.3, -0.25) is 0 Å². The summed E-state index contributed by atoms with van der Waals surface area (Å²) in [4.78, 5) is 4.98. The second kappa shape index (κ2) is 11.2. The Hall–Kier alpha value is -2.58. The van der Waals surface area contributed by atoms with E-state index in [1.54, 1.807) is 23.5 Å². The highest BCUT2D eigenvalue weighted by Gasteiger charge is 2.26. The zero-order valence-electron chi connectivity index (χ0n) is 18.3. The van der Waals surface area contributed by atoms with Crippen LogP contribution in [0.3, 0.4) is 0 Å². The number of aliphatic imine (C=N–C) groups is 1. The smallest absolute Gasteiger partial charge is 0.243 e. The molecule has 2 aromatic rings.